The molecule has 0 aliphatic rings. The average Bonchev–Trinajstić information content (AvgIpc) is 2.22. The largest absolute Gasteiger partial charge is 0.409 e. The summed E-state index contributed by atoms with van der Waals surface area (Å²) in [6.45, 7) is 3.41. The lowest BCUT2D eigenvalue weighted by Crippen LogP contribution is -2.36. The first-order valence-corrected chi connectivity index (χ1v) is 4.52. The van der Waals surface area contributed by atoms with Gasteiger partial charge in [0, 0.05) is 26.6 Å². The zero-order valence-corrected chi connectivity index (χ0v) is 8.66. The fourth-order valence-corrected chi connectivity index (χ4v) is 0.773. The molecular formula is C8H18N4O2. The molecule has 0 aliphatic heterocycles. The van der Waals surface area contributed by atoms with Crippen molar-refractivity contribution in [1.82, 2.24) is 10.2 Å². The van der Waals surface area contributed by atoms with E-state index in [-0.39, 0.29) is 18.3 Å². The molecule has 0 unspecified atom stereocenters. The number of hydrogen-bond acceptors (Lipinski definition) is 4. The second-order valence-corrected chi connectivity index (χ2v) is 2.93. The van der Waals surface area contributed by atoms with E-state index in [9.17, 15) is 4.79 Å². The predicted molar refractivity (Wildman–Crippen MR) is 54.2 cm³/mol. The first-order valence-electron chi connectivity index (χ1n) is 4.52. The van der Waals surface area contributed by atoms with Gasteiger partial charge >= 0.3 is 0 Å². The van der Waals surface area contributed by atoms with Crippen molar-refractivity contribution in [2.45, 2.75) is 13.3 Å². The fourth-order valence-electron chi connectivity index (χ4n) is 0.773. The van der Waals surface area contributed by atoms with E-state index in [2.05, 4.69) is 10.5 Å². The maximum Gasteiger partial charge on any atom is 0.236 e. The Morgan fingerprint density at radius 3 is 2.79 bits per heavy atom. The molecule has 0 fully saturated rings. The summed E-state index contributed by atoms with van der Waals surface area (Å²) in [7, 11) is 1.74. The van der Waals surface area contributed by atoms with Gasteiger partial charge < -0.3 is 21.2 Å². The van der Waals surface area contributed by atoms with Gasteiger partial charge in [-0.15, -0.1) is 0 Å². The van der Waals surface area contributed by atoms with Crippen LogP contribution in [0.2, 0.25) is 0 Å². The molecular weight excluding hydrogens is 184 g/mol. The molecule has 0 aromatic rings. The van der Waals surface area contributed by atoms with Crippen LogP contribution < -0.4 is 11.1 Å². The molecule has 4 N–H and O–H groups in total. The number of amides is 1. The second-order valence-electron chi connectivity index (χ2n) is 2.93. The molecule has 6 nitrogen and oxygen atoms in total. The molecule has 0 saturated heterocycles. The van der Waals surface area contributed by atoms with Crippen molar-refractivity contribution >= 4 is 11.7 Å². The van der Waals surface area contributed by atoms with E-state index in [4.69, 9.17) is 10.9 Å². The van der Waals surface area contributed by atoms with E-state index in [1.54, 1.807) is 11.9 Å². The normalized spacial score (nSPS) is 11.4. The Bertz CT molecular complexity index is 206. The van der Waals surface area contributed by atoms with Crippen LogP contribution in [0.4, 0.5) is 0 Å². The highest BCUT2D eigenvalue weighted by molar-refractivity contribution is 5.80. The van der Waals surface area contributed by atoms with Gasteiger partial charge in [0.1, 0.15) is 5.84 Å². The SMILES string of the molecule is CCN(C)C(=O)CNCCC(N)=NO. The van der Waals surface area contributed by atoms with Gasteiger partial charge in [-0.3, -0.25) is 4.79 Å². The smallest absolute Gasteiger partial charge is 0.236 e. The van der Waals surface area contributed by atoms with Crippen LogP contribution in [0.25, 0.3) is 0 Å². The summed E-state index contributed by atoms with van der Waals surface area (Å²) in [5.41, 5.74) is 5.24. The Morgan fingerprint density at radius 1 is 1.64 bits per heavy atom. The monoisotopic (exact) mass is 202 g/mol. The second kappa shape index (κ2) is 7.14. The number of carbonyl (C=O) groups is 1. The third kappa shape index (κ3) is 5.36. The minimum atomic E-state index is 0.0343. The van der Waals surface area contributed by atoms with Gasteiger partial charge in [0.05, 0.1) is 6.54 Å². The van der Waals surface area contributed by atoms with Gasteiger partial charge in [-0.2, -0.15) is 0 Å². The minimum Gasteiger partial charge on any atom is -0.409 e. The predicted octanol–water partition coefficient (Wildman–Crippen LogP) is -0.809. The topological polar surface area (TPSA) is 91.0 Å². The van der Waals surface area contributed by atoms with E-state index < -0.39 is 0 Å². The molecule has 0 bridgehead atoms. The molecule has 0 aromatic heterocycles. The molecule has 82 valence electrons. The van der Waals surface area contributed by atoms with Crippen LogP contribution in [0.15, 0.2) is 5.16 Å². The minimum absolute atomic E-state index is 0.0343. The van der Waals surface area contributed by atoms with E-state index >= 15 is 0 Å². The lowest BCUT2D eigenvalue weighted by atomic mass is 10.4. The number of nitrogens with one attached hydrogen (secondary N) is 1. The van der Waals surface area contributed by atoms with Gasteiger partial charge in [0.25, 0.3) is 0 Å². The maximum absolute atomic E-state index is 11.2. The molecule has 0 aliphatic carbocycles. The first-order chi connectivity index (χ1) is 6.61. The molecule has 1 amide bonds. The maximum atomic E-state index is 11.2. The molecule has 0 spiro atoms. The molecule has 6 heteroatoms. The summed E-state index contributed by atoms with van der Waals surface area (Å²) in [5.74, 6) is 0.195. The number of nitrogens with two attached hydrogens (primary N) is 1. The van der Waals surface area contributed by atoms with Crippen molar-refractivity contribution in [3.63, 3.8) is 0 Å². The number of rotatable bonds is 6. The number of amidine groups is 1. The highest BCUT2D eigenvalue weighted by Crippen LogP contribution is 1.82. The standard InChI is InChI=1S/C8H18N4O2/c1-3-12(2)8(13)6-10-5-4-7(9)11-14/h10,14H,3-6H2,1-2H3,(H2,9,11). The summed E-state index contributed by atoms with van der Waals surface area (Å²) in [6.07, 6.45) is 0.430. The van der Waals surface area contributed by atoms with Crippen molar-refractivity contribution in [3.05, 3.63) is 0 Å². The Kier molecular flexibility index (Phi) is 6.47. The Morgan fingerprint density at radius 2 is 2.29 bits per heavy atom. The summed E-state index contributed by atoms with van der Waals surface area (Å²) >= 11 is 0. The zero-order chi connectivity index (χ0) is 11.0. The van der Waals surface area contributed by atoms with Crippen molar-refractivity contribution in [2.75, 3.05) is 26.7 Å². The molecule has 0 heterocycles. The Labute approximate surface area is 83.7 Å². The molecule has 0 atom stereocenters. The number of hydrogen-bond donors (Lipinski definition) is 3. The van der Waals surface area contributed by atoms with Crippen molar-refractivity contribution in [2.24, 2.45) is 10.9 Å². The summed E-state index contributed by atoms with van der Waals surface area (Å²) < 4.78 is 0. The van der Waals surface area contributed by atoms with Crippen LogP contribution in [-0.2, 0) is 4.79 Å². The van der Waals surface area contributed by atoms with Crippen LogP contribution in [-0.4, -0.2) is 48.5 Å². The number of carbonyl (C=O) groups excluding carboxylic acids is 1. The van der Waals surface area contributed by atoms with E-state index in [1.165, 1.54) is 0 Å². The number of nitrogens with zero attached hydrogens (tertiary/aromatic N) is 2. The third-order valence-corrected chi connectivity index (χ3v) is 1.86. The molecule has 0 aromatic carbocycles. The first kappa shape index (κ1) is 12.7. The molecule has 0 rings (SSSR count). The fraction of sp³-hybridized carbons (Fsp3) is 0.750. The number of likely N-dealkylation sites (N-methyl/N-ethyl adjacent to an activating group) is 1. The van der Waals surface area contributed by atoms with Crippen LogP contribution in [0, 0.1) is 0 Å². The summed E-state index contributed by atoms with van der Waals surface area (Å²) in [5, 5.41) is 13.9. The van der Waals surface area contributed by atoms with E-state index in [0.717, 1.165) is 0 Å². The van der Waals surface area contributed by atoms with E-state index in [0.29, 0.717) is 19.5 Å². The van der Waals surface area contributed by atoms with Crippen LogP contribution in [0.3, 0.4) is 0 Å². The molecule has 14 heavy (non-hydrogen) atoms. The highest BCUT2D eigenvalue weighted by atomic mass is 16.4. The Balaban J connectivity index is 3.50. The summed E-state index contributed by atoms with van der Waals surface area (Å²) in [4.78, 5) is 12.9. The van der Waals surface area contributed by atoms with Gasteiger partial charge in [-0.25, -0.2) is 0 Å². The van der Waals surface area contributed by atoms with Gasteiger partial charge in [-0.1, -0.05) is 5.16 Å². The van der Waals surface area contributed by atoms with E-state index in [1.807, 2.05) is 6.92 Å². The van der Waals surface area contributed by atoms with Crippen LogP contribution in [0.5, 0.6) is 0 Å². The quantitative estimate of drug-likeness (QED) is 0.173. The average molecular weight is 202 g/mol. The van der Waals surface area contributed by atoms with Crippen molar-refractivity contribution in [1.29, 1.82) is 0 Å². The molecule has 0 radical (unpaired) electrons. The third-order valence-electron chi connectivity index (χ3n) is 1.86. The zero-order valence-electron chi connectivity index (χ0n) is 8.66. The summed E-state index contributed by atoms with van der Waals surface area (Å²) in [6, 6.07) is 0. The lowest BCUT2D eigenvalue weighted by molar-refractivity contribution is -0.128. The van der Waals surface area contributed by atoms with Gasteiger partial charge in [0.2, 0.25) is 5.91 Å². The van der Waals surface area contributed by atoms with Crippen molar-refractivity contribution < 1.29 is 10.0 Å². The van der Waals surface area contributed by atoms with Gasteiger partial charge in [0.15, 0.2) is 0 Å². The van der Waals surface area contributed by atoms with Crippen molar-refractivity contribution in [3.8, 4) is 0 Å². The van der Waals surface area contributed by atoms with Crippen LogP contribution in [0.1, 0.15) is 13.3 Å². The lowest BCUT2D eigenvalue weighted by Gasteiger charge is -2.14. The van der Waals surface area contributed by atoms with Gasteiger partial charge in [-0.05, 0) is 6.92 Å². The van der Waals surface area contributed by atoms with Crippen LogP contribution >= 0.6 is 0 Å². The Hall–Kier alpha value is -1.30. The highest BCUT2D eigenvalue weighted by Gasteiger charge is 2.04. The molecule has 0 saturated carbocycles. The number of oxime groups is 1.